The lowest BCUT2D eigenvalue weighted by atomic mass is 9.86. The highest BCUT2D eigenvalue weighted by Gasteiger charge is 2.20. The van der Waals surface area contributed by atoms with Gasteiger partial charge in [0.2, 0.25) is 0 Å². The largest absolute Gasteiger partial charge is 0.311 e. The van der Waals surface area contributed by atoms with Crippen molar-refractivity contribution in [2.24, 2.45) is 0 Å². The monoisotopic (exact) mass is 815 g/mol. The summed E-state index contributed by atoms with van der Waals surface area (Å²) in [6, 6.07) is 85.8. The second-order valence-electron chi connectivity index (χ2n) is 16.5. The Hall–Kier alpha value is -7.62. The third-order valence-electron chi connectivity index (χ3n) is 11.8. The van der Waals surface area contributed by atoms with Gasteiger partial charge in [-0.25, -0.2) is 0 Å². The van der Waals surface area contributed by atoms with Crippen LogP contribution in [0.25, 0.3) is 0 Å². The molecular weight excluding hydrogens is 763 g/mol. The molecule has 0 N–H and O–H groups in total. The molecule has 3 nitrogen and oxygen atoms in total. The normalized spacial score (nSPS) is 11.5. The minimum Gasteiger partial charge on any atom is -0.311 e. The molecule has 0 amide bonds. The molecule has 0 aliphatic heterocycles. The summed E-state index contributed by atoms with van der Waals surface area (Å²) >= 11 is 0. The molecule has 0 saturated heterocycles. The first-order valence-electron chi connectivity index (χ1n) is 22.0. The number of benzene rings is 9. The Morgan fingerprint density at radius 2 is 0.603 bits per heavy atom. The van der Waals surface area contributed by atoms with Crippen LogP contribution >= 0.6 is 0 Å². The number of rotatable bonds is 14. The van der Waals surface area contributed by atoms with Crippen LogP contribution in [0.5, 0.6) is 0 Å². The number of para-hydroxylation sites is 2. The molecule has 0 aliphatic rings. The number of hydrogen-bond donors (Lipinski definition) is 0. The summed E-state index contributed by atoms with van der Waals surface area (Å²) in [7, 11) is 0. The van der Waals surface area contributed by atoms with Crippen molar-refractivity contribution >= 4 is 51.2 Å². The van der Waals surface area contributed by atoms with Crippen LogP contribution in [0, 0.1) is 20.8 Å². The Labute approximate surface area is 373 Å². The lowest BCUT2D eigenvalue weighted by molar-refractivity contribution is 0.715. The highest BCUT2D eigenvalue weighted by atomic mass is 15.2. The van der Waals surface area contributed by atoms with Crippen molar-refractivity contribution in [2.75, 3.05) is 14.7 Å². The van der Waals surface area contributed by atoms with Gasteiger partial charge in [-0.05, 0) is 171 Å². The fourth-order valence-corrected chi connectivity index (χ4v) is 8.78. The Kier molecular flexibility index (Phi) is 12.3. The van der Waals surface area contributed by atoms with Crippen molar-refractivity contribution in [1.82, 2.24) is 0 Å². The van der Waals surface area contributed by atoms with Gasteiger partial charge in [0.25, 0.3) is 0 Å². The molecule has 0 bridgehead atoms. The van der Waals surface area contributed by atoms with Crippen LogP contribution < -0.4 is 14.7 Å². The van der Waals surface area contributed by atoms with Crippen LogP contribution in [0.1, 0.15) is 45.7 Å². The number of nitrogens with zero attached hydrogens (tertiary/aromatic N) is 3. The molecule has 0 radical (unpaired) electrons. The Balaban J connectivity index is 1.11. The first-order valence-corrected chi connectivity index (χ1v) is 22.0. The van der Waals surface area contributed by atoms with Gasteiger partial charge in [-0.15, -0.1) is 0 Å². The van der Waals surface area contributed by atoms with E-state index in [4.69, 9.17) is 0 Å². The predicted molar refractivity (Wildman–Crippen MR) is 268 cm³/mol. The van der Waals surface area contributed by atoms with Gasteiger partial charge in [0, 0.05) is 57.1 Å². The average Bonchev–Trinajstić information content (AvgIpc) is 3.32. The maximum atomic E-state index is 2.38. The topological polar surface area (TPSA) is 9.72 Å². The maximum Gasteiger partial charge on any atom is 0.0464 e. The van der Waals surface area contributed by atoms with Gasteiger partial charge < -0.3 is 14.7 Å². The van der Waals surface area contributed by atoms with Crippen LogP contribution in [0.2, 0.25) is 0 Å². The molecule has 63 heavy (non-hydrogen) atoms. The van der Waals surface area contributed by atoms with Crippen molar-refractivity contribution < 1.29 is 0 Å². The number of aryl methyl sites for hydroxylation is 4. The lowest BCUT2D eigenvalue weighted by Gasteiger charge is -2.30. The highest BCUT2D eigenvalue weighted by Crippen LogP contribution is 2.42. The second kappa shape index (κ2) is 19.0. The van der Waals surface area contributed by atoms with Gasteiger partial charge in [0.1, 0.15) is 0 Å². The highest BCUT2D eigenvalue weighted by molar-refractivity contribution is 5.83. The van der Waals surface area contributed by atoms with Gasteiger partial charge in [0.15, 0.2) is 0 Å². The zero-order valence-electron chi connectivity index (χ0n) is 36.3. The molecule has 0 aromatic heterocycles. The van der Waals surface area contributed by atoms with E-state index in [0.717, 1.165) is 64.0 Å². The summed E-state index contributed by atoms with van der Waals surface area (Å²) < 4.78 is 0. The molecule has 0 spiro atoms. The molecule has 9 rings (SSSR count). The average molecular weight is 816 g/mol. The van der Waals surface area contributed by atoms with Gasteiger partial charge in [0.05, 0.1) is 0 Å². The van der Waals surface area contributed by atoms with E-state index in [1.165, 1.54) is 33.4 Å². The summed E-state index contributed by atoms with van der Waals surface area (Å²) in [6.45, 7) is 6.48. The molecule has 9 aromatic rings. The van der Waals surface area contributed by atoms with Gasteiger partial charge in [-0.3, -0.25) is 0 Å². The second-order valence-corrected chi connectivity index (χ2v) is 16.5. The van der Waals surface area contributed by atoms with Crippen LogP contribution in [0.4, 0.5) is 51.2 Å². The third-order valence-corrected chi connectivity index (χ3v) is 11.8. The van der Waals surface area contributed by atoms with E-state index in [1.807, 2.05) is 0 Å². The van der Waals surface area contributed by atoms with E-state index >= 15 is 0 Å². The fourth-order valence-electron chi connectivity index (χ4n) is 8.78. The van der Waals surface area contributed by atoms with Crippen LogP contribution in [-0.2, 0) is 6.42 Å². The van der Waals surface area contributed by atoms with E-state index in [0.29, 0.717) is 0 Å². The molecular formula is C60H53N3. The summed E-state index contributed by atoms with van der Waals surface area (Å²) in [6.07, 6.45) is 2.04. The summed E-state index contributed by atoms with van der Waals surface area (Å²) in [5.41, 5.74) is 17.7. The number of anilines is 9. The third kappa shape index (κ3) is 9.49. The minimum absolute atomic E-state index is 0.268. The van der Waals surface area contributed by atoms with E-state index in [1.54, 1.807) is 0 Å². The van der Waals surface area contributed by atoms with Gasteiger partial charge >= 0.3 is 0 Å². The van der Waals surface area contributed by atoms with Crippen LogP contribution in [-0.4, -0.2) is 0 Å². The van der Waals surface area contributed by atoms with Crippen molar-refractivity contribution in [3.63, 3.8) is 0 Å². The maximum absolute atomic E-state index is 2.38. The summed E-state index contributed by atoms with van der Waals surface area (Å²) in [4.78, 5) is 7.03. The van der Waals surface area contributed by atoms with Crippen molar-refractivity contribution in [3.8, 4) is 0 Å². The zero-order chi connectivity index (χ0) is 43.0. The lowest BCUT2D eigenvalue weighted by Crippen LogP contribution is -2.13. The van der Waals surface area contributed by atoms with E-state index in [9.17, 15) is 0 Å². The van der Waals surface area contributed by atoms with Crippen molar-refractivity contribution in [2.45, 2.75) is 39.5 Å². The quantitative estimate of drug-likeness (QED) is 0.108. The standard InChI is InChI=1S/C60H53N3/c1-45-16-13-19-48(42-45)28-41-60(49-20-7-4-8-21-49)50-29-31-53(32-30-50)61(54-33-37-56(38-34-54)62(51-22-9-5-10-23-51)58-26-14-17-46(2)43-58)55-35-39-57(40-36-55)63(52-24-11-6-12-25-52)59-27-15-18-47(3)44-59/h4-27,29-40,42-44,60H,28,41H2,1-3H3. The minimum atomic E-state index is 0.268. The van der Waals surface area contributed by atoms with E-state index < -0.39 is 0 Å². The molecule has 0 fully saturated rings. The van der Waals surface area contributed by atoms with Crippen molar-refractivity contribution in [3.05, 3.63) is 270 Å². The Morgan fingerprint density at radius 1 is 0.286 bits per heavy atom. The first-order chi connectivity index (χ1) is 31.0. The van der Waals surface area contributed by atoms with Crippen molar-refractivity contribution in [1.29, 1.82) is 0 Å². The molecule has 1 atom stereocenters. The Morgan fingerprint density at radius 3 is 1.02 bits per heavy atom. The van der Waals surface area contributed by atoms with Crippen LogP contribution in [0.15, 0.2) is 237 Å². The molecule has 0 aliphatic carbocycles. The Bertz CT molecular complexity index is 2720. The summed E-state index contributed by atoms with van der Waals surface area (Å²) in [5.74, 6) is 0.268. The first kappa shape index (κ1) is 40.8. The van der Waals surface area contributed by atoms with E-state index in [2.05, 4.69) is 272 Å². The zero-order valence-corrected chi connectivity index (χ0v) is 36.3. The molecule has 9 aromatic carbocycles. The predicted octanol–water partition coefficient (Wildman–Crippen LogP) is 16.8. The molecule has 3 heteroatoms. The number of hydrogen-bond acceptors (Lipinski definition) is 3. The molecule has 308 valence electrons. The smallest absolute Gasteiger partial charge is 0.0464 e. The molecule has 0 heterocycles. The molecule has 1 unspecified atom stereocenters. The SMILES string of the molecule is Cc1cccc(CCC(c2ccccc2)c2ccc(N(c3ccc(N(c4ccccc4)c4cccc(C)c4)cc3)c3ccc(N(c4ccccc4)c4cccc(C)c4)cc3)cc2)c1. The van der Waals surface area contributed by atoms with Gasteiger partial charge in [-0.2, -0.15) is 0 Å². The van der Waals surface area contributed by atoms with E-state index in [-0.39, 0.29) is 5.92 Å². The van der Waals surface area contributed by atoms with Crippen LogP contribution in [0.3, 0.4) is 0 Å². The summed E-state index contributed by atoms with van der Waals surface area (Å²) in [5, 5.41) is 0. The fraction of sp³-hybridized carbons (Fsp3) is 0.100. The van der Waals surface area contributed by atoms with Gasteiger partial charge in [-0.1, -0.05) is 133 Å². The molecule has 0 saturated carbocycles.